The molecule has 114 valence electrons. The molecule has 0 radical (unpaired) electrons. The number of fused-ring (bicyclic) bond motifs is 3. The zero-order valence-corrected chi connectivity index (χ0v) is 13.0. The molecule has 4 rings (SSSR count). The van der Waals surface area contributed by atoms with Crippen LogP contribution in [0.25, 0.3) is 15.2 Å². The molecule has 0 spiro atoms. The van der Waals surface area contributed by atoms with Crippen molar-refractivity contribution in [1.29, 1.82) is 0 Å². The van der Waals surface area contributed by atoms with E-state index in [2.05, 4.69) is 15.3 Å². The lowest BCUT2D eigenvalue weighted by Crippen LogP contribution is -2.12. The summed E-state index contributed by atoms with van der Waals surface area (Å²) < 4.78 is 8.16. The number of benzene rings is 1. The standard InChI is InChI=1S/C16H12N4O2S/c1-22-11-6-10(7-17-8-11)18-15(21)12-9-20-13-4-2-3-5-14(13)23-16(20)19-12/h2-9H,1H3,(H,18,21). The number of carbonyl (C=O) groups is 1. The van der Waals surface area contributed by atoms with Gasteiger partial charge < -0.3 is 10.1 Å². The predicted molar refractivity (Wildman–Crippen MR) is 89.3 cm³/mol. The SMILES string of the molecule is COc1cncc(NC(=O)c2cn3c(n2)sc2ccccc23)c1. The molecule has 23 heavy (non-hydrogen) atoms. The smallest absolute Gasteiger partial charge is 0.275 e. The molecule has 4 aromatic rings. The van der Waals surface area contributed by atoms with E-state index in [9.17, 15) is 4.79 Å². The number of carbonyl (C=O) groups excluding carboxylic acids is 1. The van der Waals surface area contributed by atoms with Crippen LogP contribution in [0.3, 0.4) is 0 Å². The van der Waals surface area contributed by atoms with Gasteiger partial charge in [0.05, 0.1) is 35.4 Å². The zero-order chi connectivity index (χ0) is 15.8. The number of nitrogens with zero attached hydrogens (tertiary/aromatic N) is 3. The molecule has 0 atom stereocenters. The van der Waals surface area contributed by atoms with E-state index in [0.29, 0.717) is 17.1 Å². The quantitative estimate of drug-likeness (QED) is 0.628. The number of amides is 1. The lowest BCUT2D eigenvalue weighted by molar-refractivity contribution is 0.102. The van der Waals surface area contributed by atoms with Gasteiger partial charge in [0, 0.05) is 12.3 Å². The van der Waals surface area contributed by atoms with E-state index < -0.39 is 0 Å². The van der Waals surface area contributed by atoms with Crippen LogP contribution in [-0.2, 0) is 0 Å². The number of para-hydroxylation sites is 1. The van der Waals surface area contributed by atoms with Crippen molar-refractivity contribution in [2.45, 2.75) is 0 Å². The number of anilines is 1. The van der Waals surface area contributed by atoms with E-state index in [-0.39, 0.29) is 5.91 Å². The van der Waals surface area contributed by atoms with E-state index in [0.717, 1.165) is 15.2 Å². The van der Waals surface area contributed by atoms with Gasteiger partial charge in [-0.1, -0.05) is 23.5 Å². The van der Waals surface area contributed by atoms with Crippen molar-refractivity contribution in [3.63, 3.8) is 0 Å². The second-order valence-corrected chi connectivity index (χ2v) is 5.93. The minimum Gasteiger partial charge on any atom is -0.495 e. The molecule has 0 saturated carbocycles. The third kappa shape index (κ3) is 2.40. The van der Waals surface area contributed by atoms with Crippen molar-refractivity contribution in [2.75, 3.05) is 12.4 Å². The Balaban J connectivity index is 1.66. The number of methoxy groups -OCH3 is 1. The van der Waals surface area contributed by atoms with Gasteiger partial charge in [0.2, 0.25) is 0 Å². The van der Waals surface area contributed by atoms with Crippen molar-refractivity contribution < 1.29 is 9.53 Å². The van der Waals surface area contributed by atoms with E-state index in [1.54, 1.807) is 43.1 Å². The summed E-state index contributed by atoms with van der Waals surface area (Å²) in [7, 11) is 1.55. The van der Waals surface area contributed by atoms with Crippen LogP contribution in [-0.4, -0.2) is 27.4 Å². The molecule has 7 heteroatoms. The third-order valence-corrected chi connectivity index (χ3v) is 4.47. The molecule has 0 unspecified atom stereocenters. The summed E-state index contributed by atoms with van der Waals surface area (Å²) >= 11 is 1.55. The first kappa shape index (κ1) is 13.7. The van der Waals surface area contributed by atoms with Crippen LogP contribution < -0.4 is 10.1 Å². The summed E-state index contributed by atoms with van der Waals surface area (Å²) in [5.41, 5.74) is 1.97. The van der Waals surface area contributed by atoms with Crippen molar-refractivity contribution in [2.24, 2.45) is 0 Å². The fraction of sp³-hybridized carbons (Fsp3) is 0.0625. The van der Waals surface area contributed by atoms with Gasteiger partial charge in [-0.2, -0.15) is 0 Å². The van der Waals surface area contributed by atoms with E-state index in [1.165, 1.54) is 0 Å². The summed E-state index contributed by atoms with van der Waals surface area (Å²) in [6.45, 7) is 0. The van der Waals surface area contributed by atoms with Gasteiger partial charge in [0.25, 0.3) is 5.91 Å². The van der Waals surface area contributed by atoms with Gasteiger partial charge in [0.15, 0.2) is 4.96 Å². The molecule has 1 aromatic carbocycles. The average molecular weight is 324 g/mol. The molecule has 1 N–H and O–H groups in total. The Bertz CT molecular complexity index is 1020. The predicted octanol–water partition coefficient (Wildman–Crippen LogP) is 3.20. The minimum atomic E-state index is -0.278. The Hall–Kier alpha value is -2.93. The van der Waals surface area contributed by atoms with Crippen LogP contribution in [0.4, 0.5) is 5.69 Å². The van der Waals surface area contributed by atoms with Crippen LogP contribution in [0.5, 0.6) is 5.75 Å². The fourth-order valence-electron chi connectivity index (χ4n) is 2.35. The van der Waals surface area contributed by atoms with Gasteiger partial charge >= 0.3 is 0 Å². The number of ether oxygens (including phenoxy) is 1. The minimum absolute atomic E-state index is 0.278. The number of pyridine rings is 1. The highest BCUT2D eigenvalue weighted by atomic mass is 32.1. The largest absolute Gasteiger partial charge is 0.495 e. The van der Waals surface area contributed by atoms with Gasteiger partial charge in [-0.05, 0) is 12.1 Å². The molecule has 0 aliphatic rings. The average Bonchev–Trinajstić information content (AvgIpc) is 3.13. The summed E-state index contributed by atoms with van der Waals surface area (Å²) in [6.07, 6.45) is 4.89. The normalized spacial score (nSPS) is 11.0. The summed E-state index contributed by atoms with van der Waals surface area (Å²) in [5, 5.41) is 2.78. The number of imidazole rings is 1. The molecular formula is C16H12N4O2S. The van der Waals surface area contributed by atoms with Gasteiger partial charge in [0.1, 0.15) is 11.4 Å². The molecule has 0 fully saturated rings. The highest BCUT2D eigenvalue weighted by molar-refractivity contribution is 7.23. The summed E-state index contributed by atoms with van der Waals surface area (Å²) in [4.78, 5) is 21.6. The maximum atomic E-state index is 12.4. The molecule has 3 aromatic heterocycles. The van der Waals surface area contributed by atoms with Crippen LogP contribution >= 0.6 is 11.3 Å². The number of aromatic nitrogens is 3. The van der Waals surface area contributed by atoms with Gasteiger partial charge in [-0.25, -0.2) is 4.98 Å². The van der Waals surface area contributed by atoms with Crippen LogP contribution in [0.15, 0.2) is 48.9 Å². The number of thiazole rings is 1. The fourth-order valence-corrected chi connectivity index (χ4v) is 3.36. The Morgan fingerprint density at radius 1 is 1.30 bits per heavy atom. The Kier molecular flexibility index (Phi) is 3.20. The molecule has 0 bridgehead atoms. The Morgan fingerprint density at radius 2 is 2.17 bits per heavy atom. The van der Waals surface area contributed by atoms with Crippen LogP contribution in [0.2, 0.25) is 0 Å². The highest BCUT2D eigenvalue weighted by Crippen LogP contribution is 2.26. The summed E-state index contributed by atoms with van der Waals surface area (Å²) in [6, 6.07) is 9.71. The monoisotopic (exact) mass is 324 g/mol. The third-order valence-electron chi connectivity index (χ3n) is 3.44. The second-order valence-electron chi connectivity index (χ2n) is 4.92. The molecule has 0 aliphatic heterocycles. The van der Waals surface area contributed by atoms with Crippen molar-refractivity contribution in [3.8, 4) is 5.75 Å². The Labute approximate surface area is 135 Å². The maximum Gasteiger partial charge on any atom is 0.275 e. The van der Waals surface area contributed by atoms with E-state index in [1.807, 2.05) is 28.7 Å². The molecule has 1 amide bonds. The van der Waals surface area contributed by atoms with Crippen LogP contribution in [0, 0.1) is 0 Å². The Morgan fingerprint density at radius 3 is 3.04 bits per heavy atom. The van der Waals surface area contributed by atoms with Crippen molar-refractivity contribution in [3.05, 3.63) is 54.6 Å². The second kappa shape index (κ2) is 5.36. The van der Waals surface area contributed by atoms with E-state index in [4.69, 9.17) is 4.74 Å². The zero-order valence-electron chi connectivity index (χ0n) is 12.2. The van der Waals surface area contributed by atoms with Crippen molar-refractivity contribution in [1.82, 2.24) is 14.4 Å². The highest BCUT2D eigenvalue weighted by Gasteiger charge is 2.14. The number of rotatable bonds is 3. The lowest BCUT2D eigenvalue weighted by Gasteiger charge is -2.04. The summed E-state index contributed by atoms with van der Waals surface area (Å²) in [5.74, 6) is 0.305. The number of nitrogens with one attached hydrogen (secondary N) is 1. The van der Waals surface area contributed by atoms with Crippen LogP contribution in [0.1, 0.15) is 10.5 Å². The molecule has 0 aliphatic carbocycles. The number of hydrogen-bond acceptors (Lipinski definition) is 5. The topological polar surface area (TPSA) is 68.5 Å². The first-order valence-corrected chi connectivity index (χ1v) is 7.73. The lowest BCUT2D eigenvalue weighted by atomic mass is 10.3. The van der Waals surface area contributed by atoms with Crippen molar-refractivity contribution >= 4 is 38.1 Å². The van der Waals surface area contributed by atoms with E-state index >= 15 is 0 Å². The molecular weight excluding hydrogens is 312 g/mol. The molecule has 6 nitrogen and oxygen atoms in total. The molecule has 0 saturated heterocycles. The van der Waals surface area contributed by atoms with Gasteiger partial charge in [-0.3, -0.25) is 14.2 Å². The maximum absolute atomic E-state index is 12.4. The number of hydrogen-bond donors (Lipinski definition) is 1. The van der Waals surface area contributed by atoms with Gasteiger partial charge in [-0.15, -0.1) is 0 Å². The first-order chi connectivity index (χ1) is 11.2. The molecule has 3 heterocycles. The first-order valence-electron chi connectivity index (χ1n) is 6.91.